The molecule has 0 bridgehead atoms. The van der Waals surface area contributed by atoms with Crippen molar-refractivity contribution >= 4 is 11.6 Å². The van der Waals surface area contributed by atoms with Crippen molar-refractivity contribution in [2.45, 2.75) is 26.5 Å². The average molecular weight is 397 g/mol. The van der Waals surface area contributed by atoms with Crippen molar-refractivity contribution in [3.05, 3.63) is 101 Å². The molecule has 2 aromatic heterocycles. The monoisotopic (exact) mass is 397 g/mol. The Morgan fingerprint density at radius 2 is 1.80 bits per heavy atom. The largest absolute Gasteiger partial charge is 0.487 e. The minimum atomic E-state index is 0.0618. The predicted octanol–water partition coefficient (Wildman–Crippen LogP) is 4.42. The van der Waals surface area contributed by atoms with Crippen LogP contribution in [0.3, 0.4) is 0 Å². The third-order valence-corrected chi connectivity index (χ3v) is 5.55. The molecule has 0 atom stereocenters. The number of rotatable bonds is 4. The van der Waals surface area contributed by atoms with Gasteiger partial charge in [-0.05, 0) is 60.4 Å². The van der Waals surface area contributed by atoms with Crippen LogP contribution in [0.1, 0.15) is 32.7 Å². The number of carbonyl (C=O) groups is 1. The summed E-state index contributed by atoms with van der Waals surface area (Å²) < 4.78 is 7.88. The van der Waals surface area contributed by atoms with Crippen LogP contribution in [0.2, 0.25) is 0 Å². The standard InChI is InChI=1S/C25H23N3O2/c1-18-6-11-24-26-22(16-28(24)14-18)17-30-23-9-7-20(8-10-23)25(29)27-13-12-19-4-2-3-5-21(19)15-27/h2-11,14,16H,12-13,15,17H2,1H3. The molecule has 2 aromatic carbocycles. The van der Waals surface area contributed by atoms with Gasteiger partial charge >= 0.3 is 0 Å². The van der Waals surface area contributed by atoms with Crippen molar-refractivity contribution in [1.82, 2.24) is 14.3 Å². The summed E-state index contributed by atoms with van der Waals surface area (Å²) in [6, 6.07) is 19.8. The predicted molar refractivity (Wildman–Crippen MR) is 116 cm³/mol. The summed E-state index contributed by atoms with van der Waals surface area (Å²) in [7, 11) is 0. The number of aryl methyl sites for hydroxylation is 1. The van der Waals surface area contributed by atoms with Crippen LogP contribution < -0.4 is 4.74 Å². The van der Waals surface area contributed by atoms with Crippen molar-refractivity contribution in [3.63, 3.8) is 0 Å². The van der Waals surface area contributed by atoms with E-state index in [-0.39, 0.29) is 5.91 Å². The van der Waals surface area contributed by atoms with Crippen molar-refractivity contribution < 1.29 is 9.53 Å². The number of amides is 1. The van der Waals surface area contributed by atoms with Gasteiger partial charge in [-0.15, -0.1) is 0 Å². The highest BCUT2D eigenvalue weighted by Gasteiger charge is 2.21. The Hall–Kier alpha value is -3.60. The van der Waals surface area contributed by atoms with Crippen LogP contribution in [0.4, 0.5) is 0 Å². The maximum absolute atomic E-state index is 12.9. The summed E-state index contributed by atoms with van der Waals surface area (Å²) in [6.07, 6.45) is 4.93. The first kappa shape index (κ1) is 18.4. The molecular weight excluding hydrogens is 374 g/mol. The molecule has 1 amide bonds. The summed E-state index contributed by atoms with van der Waals surface area (Å²) in [5.74, 6) is 0.788. The first-order valence-corrected chi connectivity index (χ1v) is 10.2. The van der Waals surface area contributed by atoms with E-state index in [1.54, 1.807) is 0 Å². The highest BCUT2D eigenvalue weighted by molar-refractivity contribution is 5.94. The molecule has 0 aliphatic carbocycles. The molecule has 0 fully saturated rings. The van der Waals surface area contributed by atoms with Gasteiger partial charge in [0.15, 0.2) is 0 Å². The molecule has 1 aliphatic heterocycles. The third kappa shape index (κ3) is 3.66. The highest BCUT2D eigenvalue weighted by atomic mass is 16.5. The maximum Gasteiger partial charge on any atom is 0.254 e. The molecule has 1 aliphatic rings. The van der Waals surface area contributed by atoms with E-state index >= 15 is 0 Å². The SMILES string of the molecule is Cc1ccc2nc(COc3ccc(C(=O)N4CCc5ccccc5C4)cc3)cn2c1. The van der Waals surface area contributed by atoms with Gasteiger partial charge in [-0.2, -0.15) is 0 Å². The van der Waals surface area contributed by atoms with Gasteiger partial charge in [0.25, 0.3) is 5.91 Å². The quantitative estimate of drug-likeness (QED) is 0.512. The van der Waals surface area contributed by atoms with Gasteiger partial charge in [0.1, 0.15) is 18.0 Å². The molecule has 4 aromatic rings. The summed E-state index contributed by atoms with van der Waals surface area (Å²) in [6.45, 7) is 3.86. The second-order valence-corrected chi connectivity index (χ2v) is 7.76. The van der Waals surface area contributed by atoms with Crippen LogP contribution in [0.5, 0.6) is 5.75 Å². The zero-order valence-electron chi connectivity index (χ0n) is 16.9. The van der Waals surface area contributed by atoms with E-state index < -0.39 is 0 Å². The molecule has 30 heavy (non-hydrogen) atoms. The molecule has 0 N–H and O–H groups in total. The number of pyridine rings is 1. The second kappa shape index (κ2) is 7.67. The Morgan fingerprint density at radius 1 is 1.00 bits per heavy atom. The normalized spacial score (nSPS) is 13.3. The van der Waals surface area contributed by atoms with Crippen LogP contribution in [0, 0.1) is 6.92 Å². The lowest BCUT2D eigenvalue weighted by Gasteiger charge is -2.29. The highest BCUT2D eigenvalue weighted by Crippen LogP contribution is 2.21. The van der Waals surface area contributed by atoms with Gasteiger partial charge in [-0.25, -0.2) is 4.98 Å². The van der Waals surface area contributed by atoms with Gasteiger partial charge in [-0.1, -0.05) is 30.3 Å². The molecule has 5 nitrogen and oxygen atoms in total. The zero-order chi connectivity index (χ0) is 20.5. The lowest BCUT2D eigenvalue weighted by molar-refractivity contribution is 0.0734. The van der Waals surface area contributed by atoms with Crippen LogP contribution in [0.15, 0.2) is 73.1 Å². The summed E-state index contributed by atoms with van der Waals surface area (Å²) in [4.78, 5) is 19.4. The van der Waals surface area contributed by atoms with E-state index in [0.29, 0.717) is 18.7 Å². The number of carbonyl (C=O) groups excluding carboxylic acids is 1. The Kier molecular flexibility index (Phi) is 4.71. The van der Waals surface area contributed by atoms with Crippen molar-refractivity contribution in [2.24, 2.45) is 0 Å². The molecule has 0 saturated carbocycles. The molecule has 0 saturated heterocycles. The number of hydrogen-bond acceptors (Lipinski definition) is 3. The van der Waals surface area contributed by atoms with Crippen molar-refractivity contribution in [1.29, 1.82) is 0 Å². The number of benzene rings is 2. The topological polar surface area (TPSA) is 46.8 Å². The van der Waals surface area contributed by atoms with E-state index in [1.807, 2.05) is 64.2 Å². The third-order valence-electron chi connectivity index (χ3n) is 5.55. The molecule has 3 heterocycles. The molecular formula is C25H23N3O2. The first-order chi connectivity index (χ1) is 14.7. The van der Waals surface area contributed by atoms with Gasteiger partial charge in [0.05, 0.1) is 5.69 Å². The Morgan fingerprint density at radius 3 is 2.63 bits per heavy atom. The minimum absolute atomic E-state index is 0.0618. The van der Waals surface area contributed by atoms with E-state index in [1.165, 1.54) is 16.7 Å². The van der Waals surface area contributed by atoms with E-state index in [0.717, 1.165) is 30.1 Å². The van der Waals surface area contributed by atoms with E-state index in [4.69, 9.17) is 4.74 Å². The Balaban J connectivity index is 1.23. The Labute approximate surface area is 175 Å². The molecule has 0 radical (unpaired) electrons. The molecule has 5 rings (SSSR count). The molecule has 150 valence electrons. The van der Waals surface area contributed by atoms with Gasteiger partial charge in [0, 0.05) is 31.0 Å². The fourth-order valence-corrected chi connectivity index (χ4v) is 3.93. The summed E-state index contributed by atoms with van der Waals surface area (Å²) >= 11 is 0. The van der Waals surface area contributed by atoms with E-state index in [9.17, 15) is 4.79 Å². The lowest BCUT2D eigenvalue weighted by Crippen LogP contribution is -2.35. The fourth-order valence-electron chi connectivity index (χ4n) is 3.93. The van der Waals surface area contributed by atoms with Crippen LogP contribution >= 0.6 is 0 Å². The molecule has 0 spiro atoms. The second-order valence-electron chi connectivity index (χ2n) is 7.76. The van der Waals surface area contributed by atoms with Gasteiger partial charge in [0.2, 0.25) is 0 Å². The van der Waals surface area contributed by atoms with Gasteiger partial charge < -0.3 is 14.0 Å². The zero-order valence-corrected chi connectivity index (χ0v) is 16.9. The smallest absolute Gasteiger partial charge is 0.254 e. The van der Waals surface area contributed by atoms with Gasteiger partial charge in [-0.3, -0.25) is 4.79 Å². The van der Waals surface area contributed by atoms with Crippen molar-refractivity contribution in [3.8, 4) is 5.75 Å². The van der Waals surface area contributed by atoms with E-state index in [2.05, 4.69) is 30.1 Å². The summed E-state index contributed by atoms with van der Waals surface area (Å²) in [5, 5.41) is 0. The van der Waals surface area contributed by atoms with Crippen LogP contribution in [-0.2, 0) is 19.6 Å². The first-order valence-electron chi connectivity index (χ1n) is 10.2. The van der Waals surface area contributed by atoms with Crippen molar-refractivity contribution in [2.75, 3.05) is 6.54 Å². The number of hydrogen-bond donors (Lipinski definition) is 0. The number of aromatic nitrogens is 2. The van der Waals surface area contributed by atoms with Crippen LogP contribution in [-0.4, -0.2) is 26.7 Å². The fraction of sp³-hybridized carbons (Fsp3) is 0.200. The molecule has 0 unspecified atom stereocenters. The number of ether oxygens (including phenoxy) is 1. The van der Waals surface area contributed by atoms with Crippen LogP contribution in [0.25, 0.3) is 5.65 Å². The number of imidazole rings is 1. The minimum Gasteiger partial charge on any atom is -0.487 e. The molecule has 5 heteroatoms. The maximum atomic E-state index is 12.9. The average Bonchev–Trinajstić information content (AvgIpc) is 3.19. The number of nitrogens with zero attached hydrogens (tertiary/aromatic N) is 3. The lowest BCUT2D eigenvalue weighted by atomic mass is 9.99. The Bertz CT molecular complexity index is 1210. The summed E-state index contributed by atoms with van der Waals surface area (Å²) in [5.41, 5.74) is 6.22. The number of fused-ring (bicyclic) bond motifs is 2.